The topological polar surface area (TPSA) is 101 Å². The number of hydrogen-bond acceptors (Lipinski definition) is 6. The van der Waals surface area contributed by atoms with Crippen molar-refractivity contribution in [1.82, 2.24) is 10.3 Å². The lowest BCUT2D eigenvalue weighted by atomic mass is 9.94. The van der Waals surface area contributed by atoms with E-state index in [-0.39, 0.29) is 36.6 Å². The Morgan fingerprint density at radius 1 is 1.03 bits per heavy atom. The number of carbonyl (C=O) groups is 3. The first-order valence-electron chi connectivity index (χ1n) is 12.6. The van der Waals surface area contributed by atoms with Crippen LogP contribution in [0.4, 0.5) is 10.8 Å². The van der Waals surface area contributed by atoms with Crippen molar-refractivity contribution in [3.63, 3.8) is 0 Å². The van der Waals surface area contributed by atoms with Gasteiger partial charge in [0, 0.05) is 36.1 Å². The summed E-state index contributed by atoms with van der Waals surface area (Å²) >= 11 is 1.31. The van der Waals surface area contributed by atoms with E-state index < -0.39 is 6.04 Å². The summed E-state index contributed by atoms with van der Waals surface area (Å²) in [5.74, 6) is -0.197. The van der Waals surface area contributed by atoms with Gasteiger partial charge in [-0.3, -0.25) is 19.3 Å². The average Bonchev–Trinajstić information content (AvgIpc) is 3.44. The van der Waals surface area contributed by atoms with Gasteiger partial charge in [-0.1, -0.05) is 49.6 Å². The number of hydrogen-bond donors (Lipinski definition) is 2. The monoisotopic (exact) mass is 520 g/mol. The van der Waals surface area contributed by atoms with E-state index in [0.717, 1.165) is 25.7 Å². The molecule has 0 spiro atoms. The Labute approximate surface area is 221 Å². The molecule has 37 heavy (non-hydrogen) atoms. The fourth-order valence-corrected chi connectivity index (χ4v) is 5.11. The first-order chi connectivity index (χ1) is 18.0. The van der Waals surface area contributed by atoms with Gasteiger partial charge in [0.1, 0.15) is 11.8 Å². The minimum atomic E-state index is -0.898. The number of rotatable bonds is 10. The summed E-state index contributed by atoms with van der Waals surface area (Å²) in [7, 11) is 1.58. The van der Waals surface area contributed by atoms with Crippen molar-refractivity contribution >= 4 is 39.9 Å². The van der Waals surface area contributed by atoms with E-state index in [1.165, 1.54) is 22.7 Å². The van der Waals surface area contributed by atoms with Crippen LogP contribution in [0.5, 0.6) is 5.75 Å². The van der Waals surface area contributed by atoms with Crippen molar-refractivity contribution in [2.24, 2.45) is 0 Å². The van der Waals surface area contributed by atoms with Crippen molar-refractivity contribution in [2.75, 3.05) is 17.3 Å². The maximum Gasteiger partial charge on any atom is 0.248 e. The second-order valence-corrected chi connectivity index (χ2v) is 9.90. The number of nitrogens with zero attached hydrogens (tertiary/aromatic N) is 2. The number of amides is 3. The van der Waals surface area contributed by atoms with Gasteiger partial charge in [-0.2, -0.15) is 0 Å². The van der Waals surface area contributed by atoms with Crippen molar-refractivity contribution in [3.8, 4) is 5.75 Å². The fourth-order valence-electron chi connectivity index (χ4n) is 4.56. The number of carbonyl (C=O) groups excluding carboxylic acids is 3. The van der Waals surface area contributed by atoms with Gasteiger partial charge in [0.25, 0.3) is 0 Å². The molecule has 1 saturated carbocycles. The van der Waals surface area contributed by atoms with Crippen molar-refractivity contribution < 1.29 is 19.1 Å². The van der Waals surface area contributed by atoms with E-state index in [1.807, 2.05) is 30.3 Å². The molecule has 1 aromatic heterocycles. The molecule has 1 atom stereocenters. The second-order valence-electron chi connectivity index (χ2n) is 9.00. The van der Waals surface area contributed by atoms with E-state index in [2.05, 4.69) is 15.6 Å². The maximum absolute atomic E-state index is 13.8. The summed E-state index contributed by atoms with van der Waals surface area (Å²) in [6.07, 6.45) is 6.70. The van der Waals surface area contributed by atoms with Crippen LogP contribution < -0.4 is 20.3 Å². The van der Waals surface area contributed by atoms with E-state index in [9.17, 15) is 14.4 Å². The predicted molar refractivity (Wildman–Crippen MR) is 145 cm³/mol. The van der Waals surface area contributed by atoms with Crippen LogP contribution in [0.3, 0.4) is 0 Å². The second kappa shape index (κ2) is 13.0. The molecule has 1 unspecified atom stereocenters. The molecule has 0 bridgehead atoms. The zero-order chi connectivity index (χ0) is 26.0. The van der Waals surface area contributed by atoms with Crippen LogP contribution >= 0.6 is 11.3 Å². The van der Waals surface area contributed by atoms with Crippen molar-refractivity contribution in [2.45, 2.75) is 57.0 Å². The third-order valence-corrected chi connectivity index (χ3v) is 7.13. The van der Waals surface area contributed by atoms with Gasteiger partial charge < -0.3 is 15.4 Å². The zero-order valence-corrected chi connectivity index (χ0v) is 21.7. The Kier molecular flexibility index (Phi) is 9.26. The molecule has 4 rings (SSSR count). The summed E-state index contributed by atoms with van der Waals surface area (Å²) in [5, 5.41) is 8.16. The number of ether oxygens (including phenoxy) is 1. The first kappa shape index (κ1) is 26.3. The molecular weight excluding hydrogens is 488 g/mol. The van der Waals surface area contributed by atoms with Crippen LogP contribution in [0.25, 0.3) is 0 Å². The Hall–Kier alpha value is -3.72. The minimum absolute atomic E-state index is 0.0265. The van der Waals surface area contributed by atoms with Crippen LogP contribution in [-0.2, 0) is 14.4 Å². The molecule has 0 saturated heterocycles. The molecule has 2 N–H and O–H groups in total. The fraction of sp³-hybridized carbons (Fsp3) is 0.357. The lowest BCUT2D eigenvalue weighted by molar-refractivity contribution is -0.127. The van der Waals surface area contributed by atoms with Gasteiger partial charge in [-0.25, -0.2) is 4.98 Å². The highest BCUT2D eigenvalue weighted by atomic mass is 32.1. The number of thiazole rings is 1. The summed E-state index contributed by atoms with van der Waals surface area (Å²) in [6.45, 7) is 0. The molecule has 0 aliphatic heterocycles. The number of para-hydroxylation sites is 1. The van der Waals surface area contributed by atoms with Crippen LogP contribution in [0, 0.1) is 0 Å². The highest BCUT2D eigenvalue weighted by Gasteiger charge is 2.34. The van der Waals surface area contributed by atoms with Gasteiger partial charge >= 0.3 is 0 Å². The molecule has 1 heterocycles. The molecule has 1 aliphatic rings. The molecule has 2 aromatic carbocycles. The molecule has 9 heteroatoms. The van der Waals surface area contributed by atoms with E-state index in [1.54, 1.807) is 43.0 Å². The largest absolute Gasteiger partial charge is 0.497 e. The van der Waals surface area contributed by atoms with Crippen molar-refractivity contribution in [3.05, 3.63) is 71.7 Å². The molecule has 1 aliphatic carbocycles. The van der Waals surface area contributed by atoms with Crippen LogP contribution in [0.1, 0.15) is 56.6 Å². The lowest BCUT2D eigenvalue weighted by Gasteiger charge is -2.33. The van der Waals surface area contributed by atoms with Crippen molar-refractivity contribution in [1.29, 1.82) is 0 Å². The highest BCUT2D eigenvalue weighted by molar-refractivity contribution is 7.13. The third-order valence-electron chi connectivity index (χ3n) is 6.44. The summed E-state index contributed by atoms with van der Waals surface area (Å²) in [5.41, 5.74) is 1.26. The first-order valence-corrected chi connectivity index (χ1v) is 13.4. The SMILES string of the molecule is COc1ccc(C(C(=O)NC2CCCCC2)N(C(=O)CCC(=O)Nc2nccs2)c2ccccc2)cc1. The summed E-state index contributed by atoms with van der Waals surface area (Å²) in [4.78, 5) is 45.6. The summed E-state index contributed by atoms with van der Waals surface area (Å²) in [6, 6.07) is 15.5. The third kappa shape index (κ3) is 7.16. The highest BCUT2D eigenvalue weighted by Crippen LogP contribution is 2.31. The number of benzene rings is 2. The molecular formula is C28H32N4O4S. The van der Waals surface area contributed by atoms with Gasteiger partial charge in [0.05, 0.1) is 7.11 Å². The maximum atomic E-state index is 13.8. The van der Waals surface area contributed by atoms with Gasteiger partial charge in [0.15, 0.2) is 5.13 Å². The van der Waals surface area contributed by atoms with E-state index in [0.29, 0.717) is 22.1 Å². The molecule has 0 radical (unpaired) electrons. The Morgan fingerprint density at radius 2 is 1.76 bits per heavy atom. The number of methoxy groups -OCH3 is 1. The number of anilines is 2. The molecule has 3 aromatic rings. The van der Waals surface area contributed by atoms with Gasteiger partial charge in [-0.15, -0.1) is 11.3 Å². The smallest absolute Gasteiger partial charge is 0.248 e. The summed E-state index contributed by atoms with van der Waals surface area (Å²) < 4.78 is 5.30. The predicted octanol–water partition coefficient (Wildman–Crippen LogP) is 5.09. The molecule has 1 fully saturated rings. The van der Waals surface area contributed by atoms with E-state index in [4.69, 9.17) is 4.74 Å². The zero-order valence-electron chi connectivity index (χ0n) is 20.9. The molecule has 3 amide bonds. The van der Waals surface area contributed by atoms with Gasteiger partial charge in [-0.05, 0) is 42.7 Å². The van der Waals surface area contributed by atoms with E-state index >= 15 is 0 Å². The molecule has 8 nitrogen and oxygen atoms in total. The van der Waals surface area contributed by atoms with Crippen LogP contribution in [-0.4, -0.2) is 35.9 Å². The van der Waals surface area contributed by atoms with Crippen LogP contribution in [0.15, 0.2) is 66.2 Å². The standard InChI is InChI=1S/C28H32N4O4S/c1-36-23-14-12-20(13-15-23)26(27(35)30-21-8-4-2-5-9-21)32(22-10-6-3-7-11-22)25(34)17-16-24(33)31-28-29-18-19-37-28/h3,6-7,10-15,18-19,21,26H,2,4-5,8-9,16-17H2,1H3,(H,30,35)(H,29,31,33). The Morgan fingerprint density at radius 3 is 2.41 bits per heavy atom. The van der Waals surface area contributed by atoms with Crippen LogP contribution in [0.2, 0.25) is 0 Å². The average molecular weight is 521 g/mol. The van der Waals surface area contributed by atoms with Gasteiger partial charge in [0.2, 0.25) is 17.7 Å². The lowest BCUT2D eigenvalue weighted by Crippen LogP contribution is -2.47. The Bertz CT molecular complexity index is 1160. The quantitative estimate of drug-likeness (QED) is 0.388. The number of nitrogens with one attached hydrogen (secondary N) is 2. The Balaban J connectivity index is 1.61. The number of aromatic nitrogens is 1. The minimum Gasteiger partial charge on any atom is -0.497 e. The molecule has 194 valence electrons. The normalized spacial score (nSPS) is 14.4.